The highest BCUT2D eigenvalue weighted by molar-refractivity contribution is 7.99. The number of carboxylic acid groups (broad SMARTS) is 1. The quantitative estimate of drug-likeness (QED) is 0.307. The zero-order valence-electron chi connectivity index (χ0n) is 23.7. The van der Waals surface area contributed by atoms with Crippen molar-refractivity contribution in [1.82, 2.24) is 10.2 Å². The van der Waals surface area contributed by atoms with Gasteiger partial charge in [0.1, 0.15) is 6.04 Å². The van der Waals surface area contributed by atoms with Gasteiger partial charge in [0.15, 0.2) is 0 Å². The van der Waals surface area contributed by atoms with Crippen LogP contribution in [0.1, 0.15) is 83.6 Å². The average molecular weight is 561 g/mol. The molecule has 0 bridgehead atoms. The van der Waals surface area contributed by atoms with E-state index in [1.807, 2.05) is 49.1 Å². The summed E-state index contributed by atoms with van der Waals surface area (Å²) in [6, 6.07) is 8.85. The van der Waals surface area contributed by atoms with Gasteiger partial charge in [0.25, 0.3) is 0 Å². The summed E-state index contributed by atoms with van der Waals surface area (Å²) >= 11 is 1.53. The summed E-state index contributed by atoms with van der Waals surface area (Å²) in [5.74, 6) is 1.12. The molecule has 1 aliphatic carbocycles. The Morgan fingerprint density at radius 2 is 1.72 bits per heavy atom. The fourth-order valence-electron chi connectivity index (χ4n) is 4.86. The summed E-state index contributed by atoms with van der Waals surface area (Å²) in [6.45, 7) is 5.05. The standard InChI is InChI=1S/C22H38N2O4S.C7H8O.C2H2/c1-16(2)10-11-20(25)23-19(22(27)28)15-29-14-18-9-6-12-24(18)21(26)13-17-7-4-3-5-8-17;8-6-7-4-2-1-3-5-7;1-2/h16-19H,3-15H2,1-2H3,(H,23,25)(H,27,28);1-5,8H,6H2;1-2H/t18-,19?;;/m0../s1. The van der Waals surface area contributed by atoms with Crippen LogP contribution in [0.15, 0.2) is 30.3 Å². The molecule has 0 radical (unpaired) electrons. The number of likely N-dealkylation sites (tertiary alicyclic amines) is 1. The van der Waals surface area contributed by atoms with Crippen LogP contribution >= 0.6 is 11.8 Å². The van der Waals surface area contributed by atoms with Crippen LogP contribution in [0.2, 0.25) is 0 Å². The van der Waals surface area contributed by atoms with E-state index < -0.39 is 12.0 Å². The third kappa shape index (κ3) is 14.5. The normalized spacial score (nSPS) is 17.8. The topological polar surface area (TPSA) is 107 Å². The van der Waals surface area contributed by atoms with Crippen LogP contribution < -0.4 is 5.32 Å². The minimum absolute atomic E-state index is 0.140. The van der Waals surface area contributed by atoms with Crippen LogP contribution in [-0.4, -0.2) is 63.0 Å². The molecule has 218 valence electrons. The number of nitrogens with zero attached hydrogens (tertiary/aromatic N) is 1. The fourth-order valence-corrected chi connectivity index (χ4v) is 6.08. The molecule has 1 aliphatic heterocycles. The van der Waals surface area contributed by atoms with Crippen LogP contribution in [0.25, 0.3) is 0 Å². The van der Waals surface area contributed by atoms with Crippen molar-refractivity contribution in [2.75, 3.05) is 18.1 Å². The minimum atomic E-state index is -0.993. The van der Waals surface area contributed by atoms with Crippen LogP contribution in [0.4, 0.5) is 0 Å². The molecular formula is C31H48N2O5S. The Hall–Kier alpha value is -2.50. The van der Waals surface area contributed by atoms with E-state index in [2.05, 4.69) is 18.2 Å². The van der Waals surface area contributed by atoms with Gasteiger partial charge < -0.3 is 20.4 Å². The van der Waals surface area contributed by atoms with Crippen molar-refractivity contribution in [2.24, 2.45) is 11.8 Å². The number of carbonyl (C=O) groups is 3. The second-order valence-corrected chi connectivity index (χ2v) is 11.7. The predicted octanol–water partition coefficient (Wildman–Crippen LogP) is 5.11. The van der Waals surface area contributed by atoms with Crippen LogP contribution in [-0.2, 0) is 21.0 Å². The number of hydrogen-bond acceptors (Lipinski definition) is 5. The molecule has 1 heterocycles. The number of thioether (sulfide) groups is 1. The Morgan fingerprint density at radius 1 is 1.05 bits per heavy atom. The largest absolute Gasteiger partial charge is 0.480 e. The average Bonchev–Trinajstić information content (AvgIpc) is 3.42. The first-order chi connectivity index (χ1) is 18.8. The number of carbonyl (C=O) groups excluding carboxylic acids is 2. The molecule has 2 aliphatic rings. The molecule has 1 saturated carbocycles. The summed E-state index contributed by atoms with van der Waals surface area (Å²) in [6.07, 6.45) is 17.9. The zero-order valence-corrected chi connectivity index (χ0v) is 24.5. The number of rotatable bonds is 12. The number of aliphatic hydroxyl groups is 1. The molecule has 1 aromatic rings. The van der Waals surface area contributed by atoms with E-state index in [9.17, 15) is 19.5 Å². The molecule has 2 fully saturated rings. The highest BCUT2D eigenvalue weighted by Crippen LogP contribution is 2.29. The maximum Gasteiger partial charge on any atom is 0.327 e. The van der Waals surface area contributed by atoms with Crippen LogP contribution in [0, 0.1) is 24.7 Å². The van der Waals surface area contributed by atoms with Gasteiger partial charge in [0.2, 0.25) is 11.8 Å². The van der Waals surface area contributed by atoms with Gasteiger partial charge in [-0.05, 0) is 49.5 Å². The Bertz CT molecular complexity index is 855. The van der Waals surface area contributed by atoms with Gasteiger partial charge in [-0.3, -0.25) is 9.59 Å². The highest BCUT2D eigenvalue weighted by atomic mass is 32.2. The van der Waals surface area contributed by atoms with E-state index >= 15 is 0 Å². The first kappa shape index (κ1) is 34.5. The van der Waals surface area contributed by atoms with E-state index in [1.165, 1.54) is 43.9 Å². The lowest BCUT2D eigenvalue weighted by atomic mass is 9.86. The number of amides is 2. The molecular weight excluding hydrogens is 512 g/mol. The van der Waals surface area contributed by atoms with Crippen molar-refractivity contribution in [3.05, 3.63) is 35.9 Å². The smallest absolute Gasteiger partial charge is 0.327 e. The molecule has 39 heavy (non-hydrogen) atoms. The molecule has 2 atom stereocenters. The number of nitrogens with one attached hydrogen (secondary N) is 1. The third-order valence-electron chi connectivity index (χ3n) is 7.09. The van der Waals surface area contributed by atoms with Gasteiger partial charge in [-0.2, -0.15) is 11.8 Å². The number of aliphatic carboxylic acids is 1. The zero-order chi connectivity index (χ0) is 29.0. The maximum absolute atomic E-state index is 12.8. The maximum atomic E-state index is 12.8. The van der Waals surface area contributed by atoms with Gasteiger partial charge in [-0.15, -0.1) is 12.8 Å². The Labute approximate surface area is 239 Å². The molecule has 3 N–H and O–H groups in total. The summed E-state index contributed by atoms with van der Waals surface area (Å²) in [5, 5.41) is 20.6. The number of aliphatic hydroxyl groups excluding tert-OH is 1. The molecule has 8 heteroatoms. The first-order valence-electron chi connectivity index (χ1n) is 14.2. The fraction of sp³-hybridized carbons (Fsp3) is 0.645. The molecule has 1 unspecified atom stereocenters. The van der Waals surface area contributed by atoms with E-state index in [0.717, 1.165) is 37.1 Å². The van der Waals surface area contributed by atoms with Crippen molar-refractivity contribution in [2.45, 2.75) is 96.7 Å². The highest BCUT2D eigenvalue weighted by Gasteiger charge is 2.31. The minimum Gasteiger partial charge on any atom is -0.480 e. The number of benzene rings is 1. The molecule has 7 nitrogen and oxygen atoms in total. The van der Waals surface area contributed by atoms with Crippen molar-refractivity contribution in [1.29, 1.82) is 0 Å². The van der Waals surface area contributed by atoms with Gasteiger partial charge in [0, 0.05) is 36.9 Å². The van der Waals surface area contributed by atoms with Gasteiger partial charge in [-0.1, -0.05) is 63.4 Å². The first-order valence-corrected chi connectivity index (χ1v) is 15.3. The summed E-state index contributed by atoms with van der Waals surface area (Å²) < 4.78 is 0. The third-order valence-corrected chi connectivity index (χ3v) is 8.28. The van der Waals surface area contributed by atoms with Gasteiger partial charge in [0.05, 0.1) is 6.61 Å². The van der Waals surface area contributed by atoms with Crippen molar-refractivity contribution in [3.8, 4) is 12.8 Å². The van der Waals surface area contributed by atoms with Gasteiger partial charge in [-0.25, -0.2) is 4.79 Å². The van der Waals surface area contributed by atoms with Crippen molar-refractivity contribution >= 4 is 29.5 Å². The van der Waals surface area contributed by atoms with E-state index in [-0.39, 0.29) is 24.5 Å². The lowest BCUT2D eigenvalue weighted by Crippen LogP contribution is -2.43. The van der Waals surface area contributed by atoms with Crippen LogP contribution in [0.5, 0.6) is 0 Å². The van der Waals surface area contributed by atoms with Crippen molar-refractivity contribution in [3.63, 3.8) is 0 Å². The molecule has 0 aromatic heterocycles. The Balaban J connectivity index is 0.000000641. The van der Waals surface area contributed by atoms with Gasteiger partial charge >= 0.3 is 5.97 Å². The predicted molar refractivity (Wildman–Crippen MR) is 159 cm³/mol. The monoisotopic (exact) mass is 560 g/mol. The second kappa shape index (κ2) is 20.4. The number of carboxylic acids is 1. The van der Waals surface area contributed by atoms with E-state index in [0.29, 0.717) is 30.4 Å². The van der Waals surface area contributed by atoms with Crippen molar-refractivity contribution < 1.29 is 24.6 Å². The number of terminal acetylenes is 1. The summed E-state index contributed by atoms with van der Waals surface area (Å²) in [4.78, 5) is 38.3. The number of hydrogen-bond donors (Lipinski definition) is 3. The lowest BCUT2D eigenvalue weighted by Gasteiger charge is -2.28. The Morgan fingerprint density at radius 3 is 2.28 bits per heavy atom. The SMILES string of the molecule is C#C.CC(C)CCC(=O)NC(CSC[C@@H]1CCCN1C(=O)CC1CCCCC1)C(=O)O.OCc1ccccc1. The molecule has 3 rings (SSSR count). The molecule has 1 saturated heterocycles. The van der Waals surface area contributed by atoms with Crippen LogP contribution in [0.3, 0.4) is 0 Å². The summed E-state index contributed by atoms with van der Waals surface area (Å²) in [7, 11) is 0. The second-order valence-electron chi connectivity index (χ2n) is 10.7. The molecule has 1 aromatic carbocycles. The lowest BCUT2D eigenvalue weighted by molar-refractivity contribution is -0.141. The van der Waals surface area contributed by atoms with E-state index in [4.69, 9.17) is 5.11 Å². The molecule has 0 spiro atoms. The Kier molecular flexibility index (Phi) is 18.1. The molecule has 2 amide bonds. The summed E-state index contributed by atoms with van der Waals surface area (Å²) in [5.41, 5.74) is 0.965. The van der Waals surface area contributed by atoms with E-state index in [1.54, 1.807) is 0 Å².